The van der Waals surface area contributed by atoms with E-state index in [1.165, 1.54) is 4.68 Å². The van der Waals surface area contributed by atoms with Crippen LogP contribution in [0.1, 0.15) is 26.3 Å². The molecule has 1 heterocycles. The summed E-state index contributed by atoms with van der Waals surface area (Å²) in [6.07, 6.45) is 0. The van der Waals surface area contributed by atoms with E-state index in [0.29, 0.717) is 25.4 Å². The minimum Gasteiger partial charge on any atom is -0.290 e. The zero-order valence-electron chi connectivity index (χ0n) is 12.5. The lowest BCUT2D eigenvalue weighted by molar-refractivity contribution is 0.0940. The number of hydrogen-bond acceptors (Lipinski definition) is 4. The number of carbonyl (C=O) groups excluding carboxylic acids is 2. The Labute approximate surface area is 156 Å². The van der Waals surface area contributed by atoms with Crippen molar-refractivity contribution in [2.24, 2.45) is 5.84 Å². The van der Waals surface area contributed by atoms with Gasteiger partial charge in [0.05, 0.1) is 16.1 Å². The lowest BCUT2D eigenvalue weighted by Crippen LogP contribution is -2.30. The molecule has 122 valence electrons. The molecule has 3 N–H and O–H groups in total. The van der Waals surface area contributed by atoms with Gasteiger partial charge in [0.25, 0.3) is 11.8 Å². The lowest BCUT2D eigenvalue weighted by Gasteiger charge is -2.08. The van der Waals surface area contributed by atoms with Gasteiger partial charge in [-0.3, -0.25) is 15.0 Å². The zero-order chi connectivity index (χ0) is 17.4. The number of aryl methyl sites for hydroxylation is 1. The summed E-state index contributed by atoms with van der Waals surface area (Å²) in [6.45, 7) is 1.81. The van der Waals surface area contributed by atoms with Gasteiger partial charge in [-0.05, 0) is 59.3 Å². The van der Waals surface area contributed by atoms with Gasteiger partial charge in [0.1, 0.15) is 3.70 Å². The topological polar surface area (TPSA) is 90.0 Å². The molecule has 6 nitrogen and oxygen atoms in total. The Hall–Kier alpha value is -1.97. The highest BCUT2D eigenvalue weighted by molar-refractivity contribution is 14.1. The summed E-state index contributed by atoms with van der Waals surface area (Å²) in [6, 6.07) is 10.2. The van der Waals surface area contributed by atoms with Crippen LogP contribution >= 0.6 is 34.2 Å². The summed E-state index contributed by atoms with van der Waals surface area (Å²) in [7, 11) is 0. The van der Waals surface area contributed by atoms with Crippen LogP contribution in [-0.2, 0) is 0 Å². The van der Waals surface area contributed by atoms with Crippen molar-refractivity contribution < 1.29 is 9.59 Å². The number of hydrazine groups is 1. The predicted molar refractivity (Wildman–Crippen MR) is 100 cm³/mol. The number of fused-ring (bicyclic) bond motifs is 1. The Morgan fingerprint density at radius 2 is 2.04 bits per heavy atom. The summed E-state index contributed by atoms with van der Waals surface area (Å²) in [4.78, 5) is 24.7. The van der Waals surface area contributed by atoms with Crippen molar-refractivity contribution in [3.63, 3.8) is 0 Å². The zero-order valence-corrected chi connectivity index (χ0v) is 15.4. The van der Waals surface area contributed by atoms with Gasteiger partial charge in [-0.1, -0.05) is 23.7 Å². The Balaban J connectivity index is 2.22. The molecule has 3 rings (SSSR count). The Morgan fingerprint density at radius 3 is 2.71 bits per heavy atom. The molecule has 0 spiro atoms. The summed E-state index contributed by atoms with van der Waals surface area (Å²) >= 11 is 8.24. The molecule has 24 heavy (non-hydrogen) atoms. The van der Waals surface area contributed by atoms with Crippen LogP contribution in [0, 0.1) is 10.6 Å². The molecule has 1 aromatic heterocycles. The first kappa shape index (κ1) is 16.9. The molecule has 1 amide bonds. The molecular weight excluding hydrogens is 443 g/mol. The number of hydrogen-bond donors (Lipinski definition) is 2. The Kier molecular flexibility index (Phi) is 4.57. The van der Waals surface area contributed by atoms with E-state index < -0.39 is 5.91 Å². The van der Waals surface area contributed by atoms with Gasteiger partial charge in [0, 0.05) is 10.9 Å². The molecule has 3 aromatic rings. The first-order chi connectivity index (χ1) is 11.4. The third-order valence-corrected chi connectivity index (χ3v) is 4.77. The molecule has 8 heteroatoms. The van der Waals surface area contributed by atoms with Crippen molar-refractivity contribution in [1.29, 1.82) is 0 Å². The van der Waals surface area contributed by atoms with Crippen LogP contribution in [0.2, 0.25) is 5.02 Å². The molecule has 0 aliphatic carbocycles. The second-order valence-corrected chi connectivity index (χ2v) is 6.57. The number of halogens is 2. The molecule has 0 radical (unpaired) electrons. The molecule has 2 aromatic carbocycles. The van der Waals surface area contributed by atoms with Gasteiger partial charge < -0.3 is 0 Å². The number of nitrogens with one attached hydrogen (secondary N) is 1. The van der Waals surface area contributed by atoms with Crippen LogP contribution in [0.4, 0.5) is 0 Å². The van der Waals surface area contributed by atoms with E-state index in [2.05, 4.69) is 10.5 Å². The second-order valence-electron chi connectivity index (χ2n) is 5.14. The fraction of sp³-hybridized carbons (Fsp3) is 0.0625. The molecule has 0 aliphatic rings. The van der Waals surface area contributed by atoms with Crippen molar-refractivity contribution in [1.82, 2.24) is 15.2 Å². The van der Waals surface area contributed by atoms with Crippen LogP contribution < -0.4 is 11.3 Å². The lowest BCUT2D eigenvalue weighted by atomic mass is 10.1. The highest BCUT2D eigenvalue weighted by Crippen LogP contribution is 2.26. The molecule has 0 atom stereocenters. The second kappa shape index (κ2) is 6.50. The van der Waals surface area contributed by atoms with Crippen molar-refractivity contribution in [3.05, 3.63) is 61.8 Å². The van der Waals surface area contributed by atoms with Crippen molar-refractivity contribution in [2.45, 2.75) is 6.92 Å². The van der Waals surface area contributed by atoms with E-state index in [1.807, 2.05) is 35.6 Å². The normalized spacial score (nSPS) is 10.8. The Morgan fingerprint density at radius 1 is 1.29 bits per heavy atom. The molecule has 0 bridgehead atoms. The number of carbonyl (C=O) groups is 2. The van der Waals surface area contributed by atoms with E-state index in [0.717, 1.165) is 10.9 Å². The number of aromatic nitrogens is 2. The minimum absolute atomic E-state index is 0.339. The van der Waals surface area contributed by atoms with Gasteiger partial charge in [-0.25, -0.2) is 5.84 Å². The monoisotopic (exact) mass is 454 g/mol. The third kappa shape index (κ3) is 2.79. The summed E-state index contributed by atoms with van der Waals surface area (Å²) in [5, 5.41) is 5.43. The number of amides is 1. The van der Waals surface area contributed by atoms with Crippen molar-refractivity contribution >= 4 is 56.9 Å². The minimum atomic E-state index is -0.443. The van der Waals surface area contributed by atoms with Crippen LogP contribution in [-0.4, -0.2) is 21.6 Å². The van der Waals surface area contributed by atoms with Gasteiger partial charge in [0.2, 0.25) is 0 Å². The van der Waals surface area contributed by atoms with Crippen molar-refractivity contribution in [3.8, 4) is 0 Å². The fourth-order valence-electron chi connectivity index (χ4n) is 2.46. The van der Waals surface area contributed by atoms with Crippen LogP contribution in [0.3, 0.4) is 0 Å². The van der Waals surface area contributed by atoms with Crippen molar-refractivity contribution in [2.75, 3.05) is 0 Å². The van der Waals surface area contributed by atoms with Crippen LogP contribution in [0.5, 0.6) is 0 Å². The van der Waals surface area contributed by atoms with E-state index in [9.17, 15) is 9.59 Å². The Bertz CT molecular complexity index is 963. The number of rotatable bonds is 2. The standard InChI is InChI=1S/C16H12ClIN4O2/c1-8-3-2-4-11(17)13(8)16(24)22-12-7-9(15(23)20-19)5-6-10(12)14(18)21-22/h2-7H,19H2,1H3,(H,20,23). The molecule has 0 saturated heterocycles. The largest absolute Gasteiger partial charge is 0.290 e. The maximum atomic E-state index is 13.0. The number of nitrogens with zero attached hydrogens (tertiary/aromatic N) is 2. The SMILES string of the molecule is Cc1cccc(Cl)c1C(=O)n1nc(I)c2ccc(C(=O)NN)cc21. The van der Waals surface area contributed by atoms with E-state index in [4.69, 9.17) is 17.4 Å². The average molecular weight is 455 g/mol. The first-order valence-electron chi connectivity index (χ1n) is 6.93. The number of nitrogen functional groups attached to an aromatic ring is 1. The third-order valence-electron chi connectivity index (χ3n) is 3.66. The first-order valence-corrected chi connectivity index (χ1v) is 8.38. The molecule has 0 unspecified atom stereocenters. The molecule has 0 fully saturated rings. The summed E-state index contributed by atoms with van der Waals surface area (Å²) in [5.41, 5.74) is 4.07. The summed E-state index contributed by atoms with van der Waals surface area (Å²) < 4.78 is 1.92. The molecule has 0 saturated carbocycles. The highest BCUT2D eigenvalue weighted by Gasteiger charge is 2.21. The van der Waals surface area contributed by atoms with Crippen LogP contribution in [0.25, 0.3) is 10.9 Å². The van der Waals surface area contributed by atoms with Gasteiger partial charge in [-0.15, -0.1) is 0 Å². The number of benzene rings is 2. The van der Waals surface area contributed by atoms with Gasteiger partial charge in [0.15, 0.2) is 0 Å². The highest BCUT2D eigenvalue weighted by atomic mass is 127. The molecule has 0 aliphatic heterocycles. The van der Waals surface area contributed by atoms with Gasteiger partial charge in [-0.2, -0.15) is 9.78 Å². The number of nitrogens with two attached hydrogens (primary N) is 1. The van der Waals surface area contributed by atoms with E-state index in [1.54, 1.807) is 30.3 Å². The fourth-order valence-corrected chi connectivity index (χ4v) is 3.44. The van der Waals surface area contributed by atoms with Crippen LogP contribution in [0.15, 0.2) is 36.4 Å². The van der Waals surface area contributed by atoms with Gasteiger partial charge >= 0.3 is 0 Å². The quantitative estimate of drug-likeness (QED) is 0.270. The molecular formula is C16H12ClIN4O2. The predicted octanol–water partition coefficient (Wildman–Crippen LogP) is 2.89. The van der Waals surface area contributed by atoms with E-state index in [-0.39, 0.29) is 5.91 Å². The maximum absolute atomic E-state index is 13.0. The van der Waals surface area contributed by atoms with E-state index >= 15 is 0 Å². The average Bonchev–Trinajstić information content (AvgIpc) is 2.90. The smallest absolute Gasteiger partial charge is 0.280 e. The summed E-state index contributed by atoms with van der Waals surface area (Å²) in [5.74, 6) is 4.38. The maximum Gasteiger partial charge on any atom is 0.280 e.